The summed E-state index contributed by atoms with van der Waals surface area (Å²) in [4.78, 5) is 11.4. The van der Waals surface area contributed by atoms with Crippen LogP contribution in [-0.2, 0) is 4.79 Å². The Labute approximate surface area is 92.3 Å². The number of allylic oxidation sites excluding steroid dienone is 3. The first-order valence-corrected chi connectivity index (χ1v) is 6.08. The first-order valence-electron chi connectivity index (χ1n) is 6.08. The summed E-state index contributed by atoms with van der Waals surface area (Å²) in [5, 5.41) is 0. The molecular formula is C14H20O. The number of hydrogen-bond acceptors (Lipinski definition) is 1. The molecule has 2 bridgehead atoms. The zero-order valence-electron chi connectivity index (χ0n) is 9.49. The predicted molar refractivity (Wildman–Crippen MR) is 62.4 cm³/mol. The van der Waals surface area contributed by atoms with Crippen molar-refractivity contribution in [1.82, 2.24) is 0 Å². The van der Waals surface area contributed by atoms with E-state index >= 15 is 0 Å². The Balaban J connectivity index is 1.98. The molecule has 0 spiro atoms. The van der Waals surface area contributed by atoms with E-state index in [1.807, 2.05) is 0 Å². The van der Waals surface area contributed by atoms with Gasteiger partial charge in [0.05, 0.1) is 0 Å². The van der Waals surface area contributed by atoms with Crippen LogP contribution in [0.15, 0.2) is 24.8 Å². The SMILES string of the molecule is C=CC(=O)CC(CC)C1CC2C=CC1C2. The van der Waals surface area contributed by atoms with Gasteiger partial charge in [0.2, 0.25) is 0 Å². The van der Waals surface area contributed by atoms with E-state index in [0.29, 0.717) is 12.3 Å². The minimum Gasteiger partial charge on any atom is -0.295 e. The molecule has 1 fully saturated rings. The Morgan fingerprint density at radius 1 is 1.53 bits per heavy atom. The van der Waals surface area contributed by atoms with Crippen LogP contribution in [0.3, 0.4) is 0 Å². The molecule has 0 aromatic rings. The fourth-order valence-corrected chi connectivity index (χ4v) is 3.31. The molecular weight excluding hydrogens is 184 g/mol. The van der Waals surface area contributed by atoms with Gasteiger partial charge in [0, 0.05) is 6.42 Å². The molecule has 2 aliphatic carbocycles. The van der Waals surface area contributed by atoms with E-state index in [1.54, 1.807) is 0 Å². The Bertz CT molecular complexity index is 290. The Morgan fingerprint density at radius 3 is 2.80 bits per heavy atom. The van der Waals surface area contributed by atoms with Gasteiger partial charge in [-0.3, -0.25) is 4.79 Å². The predicted octanol–water partition coefficient (Wildman–Crippen LogP) is 3.37. The van der Waals surface area contributed by atoms with Crippen LogP contribution in [0, 0.1) is 23.7 Å². The van der Waals surface area contributed by atoms with Gasteiger partial charge in [-0.15, -0.1) is 0 Å². The molecule has 1 nitrogen and oxygen atoms in total. The second-order valence-electron chi connectivity index (χ2n) is 4.99. The molecule has 1 saturated carbocycles. The second-order valence-corrected chi connectivity index (χ2v) is 4.99. The summed E-state index contributed by atoms with van der Waals surface area (Å²) in [5.41, 5.74) is 0. The third-order valence-corrected chi connectivity index (χ3v) is 4.15. The molecule has 0 aromatic heterocycles. The number of carbonyl (C=O) groups excluding carboxylic acids is 1. The lowest BCUT2D eigenvalue weighted by atomic mass is 9.78. The van der Waals surface area contributed by atoms with E-state index in [4.69, 9.17) is 0 Å². The van der Waals surface area contributed by atoms with E-state index in [-0.39, 0.29) is 5.78 Å². The molecule has 0 heterocycles. The van der Waals surface area contributed by atoms with Gasteiger partial charge in [0.15, 0.2) is 5.78 Å². The average molecular weight is 204 g/mol. The molecule has 15 heavy (non-hydrogen) atoms. The number of ketones is 1. The molecule has 0 aromatic carbocycles. The number of fused-ring (bicyclic) bond motifs is 2. The molecule has 0 aliphatic heterocycles. The fraction of sp³-hybridized carbons (Fsp3) is 0.643. The minimum atomic E-state index is 0.216. The summed E-state index contributed by atoms with van der Waals surface area (Å²) in [6, 6.07) is 0. The lowest BCUT2D eigenvalue weighted by Crippen LogP contribution is -2.20. The number of rotatable bonds is 5. The monoisotopic (exact) mass is 204 g/mol. The van der Waals surface area contributed by atoms with E-state index in [2.05, 4.69) is 25.7 Å². The molecule has 2 rings (SSSR count). The average Bonchev–Trinajstić information content (AvgIpc) is 2.86. The highest BCUT2D eigenvalue weighted by Crippen LogP contribution is 2.48. The van der Waals surface area contributed by atoms with Crippen LogP contribution in [0.1, 0.15) is 32.6 Å². The maximum Gasteiger partial charge on any atom is 0.155 e. The minimum absolute atomic E-state index is 0.216. The van der Waals surface area contributed by atoms with Gasteiger partial charge in [0.1, 0.15) is 0 Å². The summed E-state index contributed by atoms with van der Waals surface area (Å²) < 4.78 is 0. The highest BCUT2D eigenvalue weighted by molar-refractivity contribution is 5.89. The normalized spacial score (nSPS) is 34.3. The quantitative estimate of drug-likeness (QED) is 0.495. The Hall–Kier alpha value is -0.850. The zero-order chi connectivity index (χ0) is 10.8. The van der Waals surface area contributed by atoms with Crippen molar-refractivity contribution in [1.29, 1.82) is 0 Å². The van der Waals surface area contributed by atoms with Crippen molar-refractivity contribution in [3.05, 3.63) is 24.8 Å². The van der Waals surface area contributed by atoms with Crippen molar-refractivity contribution >= 4 is 5.78 Å². The highest BCUT2D eigenvalue weighted by Gasteiger charge is 2.39. The summed E-state index contributed by atoms with van der Waals surface area (Å²) >= 11 is 0. The molecule has 0 saturated heterocycles. The third-order valence-electron chi connectivity index (χ3n) is 4.15. The number of hydrogen-bond donors (Lipinski definition) is 0. The van der Waals surface area contributed by atoms with E-state index in [9.17, 15) is 4.79 Å². The Morgan fingerprint density at radius 2 is 2.33 bits per heavy atom. The maximum atomic E-state index is 11.4. The summed E-state index contributed by atoms with van der Waals surface area (Å²) in [6.45, 7) is 5.76. The van der Waals surface area contributed by atoms with Gasteiger partial charge in [-0.25, -0.2) is 0 Å². The zero-order valence-corrected chi connectivity index (χ0v) is 9.49. The number of carbonyl (C=O) groups is 1. The van der Waals surface area contributed by atoms with E-state index < -0.39 is 0 Å². The first kappa shape index (κ1) is 10.7. The molecule has 82 valence electrons. The molecule has 0 amide bonds. The van der Waals surface area contributed by atoms with Gasteiger partial charge in [-0.1, -0.05) is 32.1 Å². The molecule has 0 radical (unpaired) electrons. The van der Waals surface area contributed by atoms with Crippen LogP contribution in [0.4, 0.5) is 0 Å². The van der Waals surface area contributed by atoms with Crippen molar-refractivity contribution in [3.8, 4) is 0 Å². The smallest absolute Gasteiger partial charge is 0.155 e. The summed E-state index contributed by atoms with van der Waals surface area (Å²) in [5.74, 6) is 3.13. The second kappa shape index (κ2) is 4.34. The van der Waals surface area contributed by atoms with Crippen molar-refractivity contribution < 1.29 is 4.79 Å². The van der Waals surface area contributed by atoms with Gasteiger partial charge in [0.25, 0.3) is 0 Å². The van der Waals surface area contributed by atoms with Crippen LogP contribution < -0.4 is 0 Å². The maximum absolute atomic E-state index is 11.4. The topological polar surface area (TPSA) is 17.1 Å². The Kier molecular flexibility index (Phi) is 3.08. The van der Waals surface area contributed by atoms with Crippen molar-refractivity contribution in [2.45, 2.75) is 32.6 Å². The van der Waals surface area contributed by atoms with Crippen LogP contribution >= 0.6 is 0 Å². The van der Waals surface area contributed by atoms with Gasteiger partial charge in [-0.05, 0) is 42.6 Å². The molecule has 4 atom stereocenters. The van der Waals surface area contributed by atoms with Crippen LogP contribution in [-0.4, -0.2) is 5.78 Å². The van der Waals surface area contributed by atoms with Crippen molar-refractivity contribution in [2.75, 3.05) is 0 Å². The van der Waals surface area contributed by atoms with Crippen LogP contribution in [0.5, 0.6) is 0 Å². The van der Waals surface area contributed by atoms with Crippen LogP contribution in [0.25, 0.3) is 0 Å². The third kappa shape index (κ3) is 2.06. The lowest BCUT2D eigenvalue weighted by molar-refractivity contribution is -0.115. The standard InChI is InChI=1S/C14H20O/c1-3-11(9-13(15)4-2)14-8-10-5-6-12(14)7-10/h4-6,10-12,14H,2-3,7-9H2,1H3. The van der Waals surface area contributed by atoms with Gasteiger partial charge < -0.3 is 0 Å². The lowest BCUT2D eigenvalue weighted by Gasteiger charge is -2.26. The van der Waals surface area contributed by atoms with Crippen LogP contribution in [0.2, 0.25) is 0 Å². The van der Waals surface area contributed by atoms with E-state index in [1.165, 1.54) is 18.9 Å². The van der Waals surface area contributed by atoms with Crippen molar-refractivity contribution in [3.63, 3.8) is 0 Å². The van der Waals surface area contributed by atoms with Crippen molar-refractivity contribution in [2.24, 2.45) is 23.7 Å². The van der Waals surface area contributed by atoms with Gasteiger partial charge >= 0.3 is 0 Å². The van der Waals surface area contributed by atoms with Gasteiger partial charge in [-0.2, -0.15) is 0 Å². The van der Waals surface area contributed by atoms with E-state index in [0.717, 1.165) is 24.2 Å². The first-order chi connectivity index (χ1) is 7.24. The molecule has 0 N–H and O–H groups in total. The fourth-order valence-electron chi connectivity index (χ4n) is 3.31. The molecule has 4 unspecified atom stereocenters. The largest absolute Gasteiger partial charge is 0.295 e. The highest BCUT2D eigenvalue weighted by atomic mass is 16.1. The summed E-state index contributed by atoms with van der Waals surface area (Å²) in [6.07, 6.45) is 10.7. The molecule has 1 heteroatoms. The summed E-state index contributed by atoms with van der Waals surface area (Å²) in [7, 11) is 0. The molecule has 2 aliphatic rings.